The second-order valence-electron chi connectivity index (χ2n) is 29.0. The van der Waals surface area contributed by atoms with Gasteiger partial charge >= 0.3 is 0 Å². The van der Waals surface area contributed by atoms with Gasteiger partial charge in [-0.15, -0.1) is 0 Å². The Morgan fingerprint density at radius 1 is 0.284 bits per heavy atom. The lowest BCUT2D eigenvalue weighted by Crippen LogP contribution is -2.34. The van der Waals surface area contributed by atoms with E-state index >= 15 is 9.13 Å². The highest BCUT2D eigenvalue weighted by molar-refractivity contribution is 7.74. The van der Waals surface area contributed by atoms with Gasteiger partial charge in [0.1, 0.15) is 23.0 Å². The van der Waals surface area contributed by atoms with Crippen LogP contribution in [0, 0.1) is 0 Å². The van der Waals surface area contributed by atoms with Crippen molar-refractivity contribution in [1.82, 2.24) is 0 Å². The van der Waals surface area contributed by atoms with Crippen molar-refractivity contribution in [2.45, 2.75) is 236 Å². The van der Waals surface area contributed by atoms with Gasteiger partial charge in [-0.25, -0.2) is 0 Å². The average molecular weight is 1060 g/mol. The number of benzene rings is 4. The Kier molecular flexibility index (Phi) is 17.9. The Labute approximate surface area is 451 Å². The molecule has 10 heteroatoms. The SMILES string of the molecule is COc1c(C(C)(C)C)cc(P(=O)(O[C@H](C)[C@@H](C)OP(=O)(c2cc(C(C)(C)C)c(OC)c(C(C)(C)C)c2)c2cc(C(C)(C)C)c(OC)c(C(C)(C)C)c2)c2cc(C(C)(C)C)c(OC)c(C(C)(C)C)c2)cc1C(C)(C)C. The van der Waals surface area contributed by atoms with Gasteiger partial charge in [-0.2, -0.15) is 0 Å². The van der Waals surface area contributed by atoms with Crippen LogP contribution < -0.4 is 40.2 Å². The van der Waals surface area contributed by atoms with E-state index in [1.54, 1.807) is 28.4 Å². The van der Waals surface area contributed by atoms with Gasteiger partial charge in [-0.1, -0.05) is 166 Å². The molecule has 0 aliphatic heterocycles. The third kappa shape index (κ3) is 13.1. The topological polar surface area (TPSA) is 89.5 Å². The lowest BCUT2D eigenvalue weighted by Gasteiger charge is -2.36. The molecule has 0 amide bonds. The van der Waals surface area contributed by atoms with Crippen LogP contribution in [-0.4, -0.2) is 40.6 Å². The zero-order valence-electron chi connectivity index (χ0n) is 51.9. The first-order valence-electron chi connectivity index (χ1n) is 26.7. The molecule has 74 heavy (non-hydrogen) atoms. The molecule has 0 fully saturated rings. The average Bonchev–Trinajstić information content (AvgIpc) is 3.24. The lowest BCUT2D eigenvalue weighted by atomic mass is 9.79. The molecule has 0 aliphatic rings. The van der Waals surface area contributed by atoms with Crippen molar-refractivity contribution in [1.29, 1.82) is 0 Å². The summed E-state index contributed by atoms with van der Waals surface area (Å²) in [6, 6.07) is 16.2. The minimum absolute atomic E-state index is 0.403. The second kappa shape index (κ2) is 21.0. The number of methoxy groups -OCH3 is 4. The number of rotatable bonds is 13. The summed E-state index contributed by atoms with van der Waals surface area (Å²) in [5, 5.41) is 2.17. The fraction of sp³-hybridized carbons (Fsp3) is 0.625. The molecular weight excluding hydrogens is 959 g/mol. The van der Waals surface area contributed by atoms with Crippen LogP contribution in [0.25, 0.3) is 0 Å². The number of ether oxygens (including phenoxy) is 4. The molecule has 0 saturated heterocycles. The van der Waals surface area contributed by atoms with E-state index in [1.165, 1.54) is 0 Å². The lowest BCUT2D eigenvalue weighted by molar-refractivity contribution is 0.0882. The molecule has 0 saturated carbocycles. The number of hydrogen-bond acceptors (Lipinski definition) is 8. The van der Waals surface area contributed by atoms with E-state index in [-0.39, 0.29) is 0 Å². The van der Waals surface area contributed by atoms with Crippen LogP contribution in [0.2, 0.25) is 0 Å². The maximum absolute atomic E-state index is 17.3. The molecule has 0 aliphatic carbocycles. The van der Waals surface area contributed by atoms with Gasteiger partial charge < -0.3 is 28.0 Å². The van der Waals surface area contributed by atoms with E-state index in [1.807, 2.05) is 62.4 Å². The van der Waals surface area contributed by atoms with Crippen LogP contribution in [0.3, 0.4) is 0 Å². The third-order valence-corrected chi connectivity index (χ3v) is 19.2. The van der Waals surface area contributed by atoms with Gasteiger partial charge in [0.05, 0.1) is 40.6 Å². The highest BCUT2D eigenvalue weighted by Crippen LogP contribution is 2.56. The molecule has 0 spiro atoms. The van der Waals surface area contributed by atoms with Crippen LogP contribution in [0.5, 0.6) is 23.0 Å². The van der Waals surface area contributed by atoms with Gasteiger partial charge in [0.25, 0.3) is 14.7 Å². The summed E-state index contributed by atoms with van der Waals surface area (Å²) in [6.07, 6.45) is -1.76. The molecule has 4 rings (SSSR count). The van der Waals surface area contributed by atoms with Crippen molar-refractivity contribution < 1.29 is 37.1 Å². The summed E-state index contributed by atoms with van der Waals surface area (Å²) in [4.78, 5) is 0. The first-order valence-corrected chi connectivity index (χ1v) is 29.9. The zero-order valence-corrected chi connectivity index (χ0v) is 53.7. The van der Waals surface area contributed by atoms with Crippen LogP contribution in [0.4, 0.5) is 0 Å². The summed E-state index contributed by atoms with van der Waals surface area (Å²) in [5.74, 6) is 3.05. The summed E-state index contributed by atoms with van der Waals surface area (Å²) in [5.41, 5.74) is 4.12. The largest absolute Gasteiger partial charge is 0.496 e. The smallest absolute Gasteiger partial charge is 0.261 e. The van der Waals surface area contributed by atoms with Crippen molar-refractivity contribution in [3.8, 4) is 23.0 Å². The molecule has 0 heterocycles. The number of hydrogen-bond donors (Lipinski definition) is 0. The molecule has 0 radical (unpaired) electrons. The van der Waals surface area contributed by atoms with E-state index in [0.717, 1.165) is 67.5 Å². The molecule has 2 atom stereocenters. The Morgan fingerprint density at radius 3 is 0.500 bits per heavy atom. The van der Waals surface area contributed by atoms with Crippen LogP contribution in [-0.2, 0) is 61.5 Å². The van der Waals surface area contributed by atoms with Crippen LogP contribution in [0.15, 0.2) is 48.5 Å². The van der Waals surface area contributed by atoms with Gasteiger partial charge in [-0.3, -0.25) is 9.13 Å². The molecule has 414 valence electrons. The maximum Gasteiger partial charge on any atom is 0.261 e. The minimum atomic E-state index is -4.15. The molecule has 8 nitrogen and oxygen atoms in total. The Balaban J connectivity index is 2.26. The summed E-state index contributed by atoms with van der Waals surface area (Å²) >= 11 is 0. The molecule has 0 N–H and O–H groups in total. The van der Waals surface area contributed by atoms with Crippen molar-refractivity contribution in [2.75, 3.05) is 28.4 Å². The van der Waals surface area contributed by atoms with Crippen molar-refractivity contribution >= 4 is 36.0 Å². The first-order chi connectivity index (χ1) is 33.1. The van der Waals surface area contributed by atoms with E-state index in [2.05, 4.69) is 166 Å². The van der Waals surface area contributed by atoms with Crippen molar-refractivity contribution in [3.05, 3.63) is 93.0 Å². The predicted octanol–water partition coefficient (Wildman–Crippen LogP) is 16.1. The van der Waals surface area contributed by atoms with Gasteiger partial charge in [0, 0.05) is 65.7 Å². The summed E-state index contributed by atoms with van der Waals surface area (Å²) < 4.78 is 74.3. The third-order valence-electron chi connectivity index (χ3n) is 14.2. The fourth-order valence-electron chi connectivity index (χ4n) is 9.65. The monoisotopic (exact) mass is 1060 g/mol. The van der Waals surface area contributed by atoms with E-state index in [4.69, 9.17) is 28.0 Å². The van der Waals surface area contributed by atoms with E-state index in [0.29, 0.717) is 21.2 Å². The van der Waals surface area contributed by atoms with Crippen LogP contribution in [0.1, 0.15) is 225 Å². The first kappa shape index (κ1) is 63.0. The molecule has 4 aromatic rings. The highest BCUT2D eigenvalue weighted by atomic mass is 31.2. The van der Waals surface area contributed by atoms with Gasteiger partial charge in [-0.05, 0) is 106 Å². The van der Waals surface area contributed by atoms with Crippen molar-refractivity contribution in [2.24, 2.45) is 0 Å². The molecule has 0 unspecified atom stereocenters. The van der Waals surface area contributed by atoms with Crippen molar-refractivity contribution in [3.63, 3.8) is 0 Å². The van der Waals surface area contributed by atoms with Crippen LogP contribution >= 0.6 is 14.7 Å². The van der Waals surface area contributed by atoms with Gasteiger partial charge in [0.15, 0.2) is 0 Å². The zero-order chi connectivity index (χ0) is 57.3. The summed E-state index contributed by atoms with van der Waals surface area (Å²) in [7, 11) is -1.46. The standard InChI is InChI=1S/C64H100O8P2/c1-39(71-73(65,41-31-45(57(3,4)5)53(67-27)46(32-41)58(6,7)8)42-33-47(59(9,10)11)54(68-28)48(34-42)60(12,13)14)40(2)72-74(66,43-35-49(61(15,16)17)55(69-29)50(36-43)62(18,19)20)44-37-51(63(21,22)23)56(70-30)52(38-44)64(24,25)26/h31-40H,1-30H3/t39-,40-/m1/s1. The molecule has 0 bridgehead atoms. The van der Waals surface area contributed by atoms with Gasteiger partial charge in [0.2, 0.25) is 0 Å². The normalized spacial score (nSPS) is 14.7. The Bertz CT molecular complexity index is 2270. The van der Waals surface area contributed by atoms with E-state index < -0.39 is 70.3 Å². The maximum atomic E-state index is 17.3. The highest BCUT2D eigenvalue weighted by Gasteiger charge is 2.44. The molecular formula is C64H100O8P2. The molecule has 0 aromatic heterocycles. The fourth-order valence-corrected chi connectivity index (χ4v) is 14.4. The van der Waals surface area contributed by atoms with E-state index in [9.17, 15) is 0 Å². The summed E-state index contributed by atoms with van der Waals surface area (Å²) in [6.45, 7) is 55.4. The second-order valence-corrected chi connectivity index (χ2v) is 33.7. The predicted molar refractivity (Wildman–Crippen MR) is 316 cm³/mol. The Morgan fingerprint density at radius 2 is 0.405 bits per heavy atom. The minimum Gasteiger partial charge on any atom is -0.496 e. The quantitative estimate of drug-likeness (QED) is 0.122. The Hall–Kier alpha value is -3.54. The molecule has 4 aromatic carbocycles.